The smallest absolute Gasteiger partial charge is 0.323 e. The molecule has 92 valence electrons. The van der Waals surface area contributed by atoms with E-state index >= 15 is 0 Å². The lowest BCUT2D eigenvalue weighted by Gasteiger charge is -2.18. The van der Waals surface area contributed by atoms with Gasteiger partial charge in [-0.15, -0.1) is 0 Å². The summed E-state index contributed by atoms with van der Waals surface area (Å²) < 4.78 is 26.2. The topological polar surface area (TPSA) is 57.6 Å². The molecule has 6 heteroatoms. The Labute approximate surface area is 96.5 Å². The van der Waals surface area contributed by atoms with E-state index in [2.05, 4.69) is 0 Å². The van der Waals surface area contributed by atoms with Gasteiger partial charge >= 0.3 is 5.97 Å². The van der Waals surface area contributed by atoms with Crippen LogP contribution in [0.2, 0.25) is 0 Å². The van der Waals surface area contributed by atoms with E-state index in [0.717, 1.165) is 23.1 Å². The Balaban J connectivity index is 3.01. The minimum absolute atomic E-state index is 0.0983. The normalized spacial score (nSPS) is 10.1. The number of carboxylic acid groups (broad SMARTS) is 1. The van der Waals surface area contributed by atoms with E-state index in [1.54, 1.807) is 6.92 Å². The van der Waals surface area contributed by atoms with Crippen molar-refractivity contribution in [2.45, 2.75) is 6.92 Å². The van der Waals surface area contributed by atoms with Crippen LogP contribution in [0.25, 0.3) is 0 Å². The first kappa shape index (κ1) is 13.1. The van der Waals surface area contributed by atoms with Gasteiger partial charge in [-0.25, -0.2) is 8.78 Å². The first-order chi connectivity index (χ1) is 7.95. The molecule has 4 nitrogen and oxygen atoms in total. The maximum atomic E-state index is 13.3. The monoisotopic (exact) mass is 243 g/mol. The highest BCUT2D eigenvalue weighted by Gasteiger charge is 2.20. The van der Waals surface area contributed by atoms with Crippen molar-refractivity contribution >= 4 is 11.9 Å². The van der Waals surface area contributed by atoms with E-state index in [-0.39, 0.29) is 6.54 Å². The minimum atomic E-state index is -1.21. The summed E-state index contributed by atoms with van der Waals surface area (Å²) in [6.07, 6.45) is 0. The van der Waals surface area contributed by atoms with E-state index in [1.165, 1.54) is 0 Å². The number of halogens is 2. The molecule has 1 amide bonds. The van der Waals surface area contributed by atoms with E-state index in [9.17, 15) is 18.4 Å². The third kappa shape index (κ3) is 3.24. The zero-order valence-electron chi connectivity index (χ0n) is 9.11. The molecule has 0 heterocycles. The summed E-state index contributed by atoms with van der Waals surface area (Å²) >= 11 is 0. The SMILES string of the molecule is CCN(CC(=O)O)C(=O)c1cc(F)ccc1F. The number of carboxylic acids is 1. The minimum Gasteiger partial charge on any atom is -0.480 e. The van der Waals surface area contributed by atoms with Gasteiger partial charge in [0.05, 0.1) is 5.56 Å². The fourth-order valence-electron chi connectivity index (χ4n) is 1.32. The number of amides is 1. The molecule has 0 aliphatic rings. The number of aliphatic carboxylic acids is 1. The van der Waals surface area contributed by atoms with Crippen LogP contribution in [0.5, 0.6) is 0 Å². The van der Waals surface area contributed by atoms with E-state index in [0.29, 0.717) is 0 Å². The van der Waals surface area contributed by atoms with Gasteiger partial charge in [-0.05, 0) is 25.1 Å². The van der Waals surface area contributed by atoms with Gasteiger partial charge in [0.25, 0.3) is 5.91 Å². The molecule has 0 atom stereocenters. The Hall–Kier alpha value is -1.98. The Morgan fingerprint density at radius 2 is 2.00 bits per heavy atom. The van der Waals surface area contributed by atoms with Crippen LogP contribution in [0, 0.1) is 11.6 Å². The molecule has 1 N–H and O–H groups in total. The lowest BCUT2D eigenvalue weighted by atomic mass is 10.1. The van der Waals surface area contributed by atoms with Gasteiger partial charge in [-0.3, -0.25) is 9.59 Å². The van der Waals surface area contributed by atoms with Crippen molar-refractivity contribution in [3.05, 3.63) is 35.4 Å². The first-order valence-electron chi connectivity index (χ1n) is 4.91. The number of benzene rings is 1. The second-order valence-electron chi connectivity index (χ2n) is 3.34. The number of rotatable bonds is 4. The van der Waals surface area contributed by atoms with Crippen LogP contribution in [0.4, 0.5) is 8.78 Å². The molecule has 1 rings (SSSR count). The zero-order chi connectivity index (χ0) is 13.0. The number of likely N-dealkylation sites (N-methyl/N-ethyl adjacent to an activating group) is 1. The number of carbonyl (C=O) groups excluding carboxylic acids is 1. The summed E-state index contributed by atoms with van der Waals surface area (Å²) in [7, 11) is 0. The highest BCUT2D eigenvalue weighted by Crippen LogP contribution is 2.12. The van der Waals surface area contributed by atoms with Crippen molar-refractivity contribution in [2.75, 3.05) is 13.1 Å². The molecule has 1 aromatic rings. The number of hydrogen-bond donors (Lipinski definition) is 1. The van der Waals surface area contributed by atoms with Crippen LogP contribution >= 0.6 is 0 Å². The van der Waals surface area contributed by atoms with E-state index in [1.807, 2.05) is 0 Å². The van der Waals surface area contributed by atoms with Crippen LogP contribution in [-0.4, -0.2) is 35.0 Å². The van der Waals surface area contributed by atoms with Gasteiger partial charge in [0, 0.05) is 6.54 Å². The molecule has 0 aliphatic carbocycles. The third-order valence-corrected chi connectivity index (χ3v) is 2.15. The van der Waals surface area contributed by atoms with Gasteiger partial charge < -0.3 is 10.0 Å². The third-order valence-electron chi connectivity index (χ3n) is 2.15. The summed E-state index contributed by atoms with van der Waals surface area (Å²) in [6, 6.07) is 2.47. The average molecular weight is 243 g/mol. The van der Waals surface area contributed by atoms with E-state index in [4.69, 9.17) is 5.11 Å². The lowest BCUT2D eigenvalue weighted by Crippen LogP contribution is -2.36. The molecule has 1 aromatic carbocycles. The van der Waals surface area contributed by atoms with Gasteiger partial charge in [0.2, 0.25) is 0 Å². The predicted octanol–water partition coefficient (Wildman–Crippen LogP) is 1.51. The second-order valence-corrected chi connectivity index (χ2v) is 3.34. The quantitative estimate of drug-likeness (QED) is 0.872. The Morgan fingerprint density at radius 1 is 1.35 bits per heavy atom. The van der Waals surface area contributed by atoms with Crippen molar-refractivity contribution in [1.29, 1.82) is 0 Å². The van der Waals surface area contributed by atoms with Crippen LogP contribution in [-0.2, 0) is 4.79 Å². The Morgan fingerprint density at radius 3 is 2.53 bits per heavy atom. The van der Waals surface area contributed by atoms with Gasteiger partial charge in [0.1, 0.15) is 18.2 Å². The number of hydrogen-bond acceptors (Lipinski definition) is 2. The summed E-state index contributed by atoms with van der Waals surface area (Å²) in [5.74, 6) is -3.68. The number of carbonyl (C=O) groups is 2. The predicted molar refractivity (Wildman–Crippen MR) is 55.6 cm³/mol. The first-order valence-corrected chi connectivity index (χ1v) is 4.91. The van der Waals surface area contributed by atoms with Crippen LogP contribution < -0.4 is 0 Å². The summed E-state index contributed by atoms with van der Waals surface area (Å²) in [5, 5.41) is 8.57. The largest absolute Gasteiger partial charge is 0.480 e. The molecule has 0 bridgehead atoms. The Bertz CT molecular complexity index is 448. The van der Waals surface area contributed by atoms with Gasteiger partial charge in [-0.2, -0.15) is 0 Å². The summed E-state index contributed by atoms with van der Waals surface area (Å²) in [5.41, 5.74) is -0.465. The molecule has 0 saturated heterocycles. The average Bonchev–Trinajstić information content (AvgIpc) is 2.28. The second kappa shape index (κ2) is 5.38. The van der Waals surface area contributed by atoms with E-state index < -0.39 is 35.6 Å². The fourth-order valence-corrected chi connectivity index (χ4v) is 1.32. The zero-order valence-corrected chi connectivity index (χ0v) is 9.11. The molecule has 0 saturated carbocycles. The standard InChI is InChI=1S/C11H11F2NO3/c1-2-14(6-10(15)16)11(17)8-5-7(12)3-4-9(8)13/h3-5H,2,6H2,1H3,(H,15,16). The van der Waals surface area contributed by atoms with Crippen LogP contribution in [0.3, 0.4) is 0 Å². The molecule has 17 heavy (non-hydrogen) atoms. The maximum Gasteiger partial charge on any atom is 0.323 e. The molecule has 0 unspecified atom stereocenters. The maximum absolute atomic E-state index is 13.3. The molecule has 0 spiro atoms. The van der Waals surface area contributed by atoms with Crippen molar-refractivity contribution in [3.63, 3.8) is 0 Å². The van der Waals surface area contributed by atoms with Crippen molar-refractivity contribution < 1.29 is 23.5 Å². The molecule has 0 aromatic heterocycles. The summed E-state index contributed by atoms with van der Waals surface area (Å²) in [4.78, 5) is 23.2. The highest BCUT2D eigenvalue weighted by molar-refractivity contribution is 5.96. The van der Waals surface area contributed by atoms with Crippen LogP contribution in [0.1, 0.15) is 17.3 Å². The summed E-state index contributed by atoms with van der Waals surface area (Å²) in [6.45, 7) is 1.10. The highest BCUT2D eigenvalue weighted by atomic mass is 19.1. The van der Waals surface area contributed by atoms with Crippen molar-refractivity contribution in [2.24, 2.45) is 0 Å². The lowest BCUT2D eigenvalue weighted by molar-refractivity contribution is -0.137. The molecule has 0 radical (unpaired) electrons. The molecule has 0 aliphatic heterocycles. The molecule has 0 fully saturated rings. The Kier molecular flexibility index (Phi) is 4.14. The van der Waals surface area contributed by atoms with Crippen molar-refractivity contribution in [1.82, 2.24) is 4.90 Å². The van der Waals surface area contributed by atoms with Crippen molar-refractivity contribution in [3.8, 4) is 0 Å². The number of nitrogens with zero attached hydrogens (tertiary/aromatic N) is 1. The fraction of sp³-hybridized carbons (Fsp3) is 0.273. The van der Waals surface area contributed by atoms with Gasteiger partial charge in [-0.1, -0.05) is 0 Å². The van der Waals surface area contributed by atoms with Gasteiger partial charge in [0.15, 0.2) is 0 Å². The molecular weight excluding hydrogens is 232 g/mol. The molecular formula is C11H11F2NO3. The van der Waals surface area contributed by atoms with Crippen LogP contribution in [0.15, 0.2) is 18.2 Å².